The lowest BCUT2D eigenvalue weighted by Gasteiger charge is -2.07. The van der Waals surface area contributed by atoms with Crippen LogP contribution in [-0.4, -0.2) is 37.1 Å². The van der Waals surface area contributed by atoms with Gasteiger partial charge in [0.2, 0.25) is 5.78 Å². The van der Waals surface area contributed by atoms with Gasteiger partial charge in [-0.2, -0.15) is 0 Å². The van der Waals surface area contributed by atoms with E-state index in [2.05, 4.69) is 6.58 Å². The number of esters is 1. The van der Waals surface area contributed by atoms with Crippen molar-refractivity contribution in [2.45, 2.75) is 20.4 Å². The van der Waals surface area contributed by atoms with Crippen LogP contribution in [0.4, 0.5) is 0 Å². The van der Waals surface area contributed by atoms with E-state index >= 15 is 0 Å². The van der Waals surface area contributed by atoms with Crippen LogP contribution in [0.15, 0.2) is 43.0 Å². The molecule has 1 heterocycles. The van der Waals surface area contributed by atoms with Gasteiger partial charge < -0.3 is 18.8 Å². The molecule has 148 valence electrons. The number of ketones is 1. The van der Waals surface area contributed by atoms with Crippen molar-refractivity contribution >= 4 is 17.8 Å². The Labute approximate surface area is 165 Å². The summed E-state index contributed by atoms with van der Waals surface area (Å²) in [5, 5.41) is 0. The van der Waals surface area contributed by atoms with Gasteiger partial charge in [0.1, 0.15) is 11.5 Å². The van der Waals surface area contributed by atoms with Crippen LogP contribution in [-0.2, 0) is 16.1 Å². The fourth-order valence-electron chi connectivity index (χ4n) is 2.88. The number of aromatic nitrogens is 1. The van der Waals surface area contributed by atoms with Gasteiger partial charge in [-0.05, 0) is 44.2 Å². The summed E-state index contributed by atoms with van der Waals surface area (Å²) in [6.07, 6.45) is 4.58. The topological polar surface area (TPSA) is 66.8 Å². The second-order valence-corrected chi connectivity index (χ2v) is 6.16. The highest BCUT2D eigenvalue weighted by Crippen LogP contribution is 2.25. The molecule has 6 heteroatoms. The molecule has 0 amide bonds. The number of carbonyl (C=O) groups excluding carboxylic acids is 2. The monoisotopic (exact) mass is 383 g/mol. The van der Waals surface area contributed by atoms with E-state index in [9.17, 15) is 9.59 Å². The van der Waals surface area contributed by atoms with Gasteiger partial charge in [-0.15, -0.1) is 6.58 Å². The second kappa shape index (κ2) is 9.60. The number of carbonyl (C=O) groups is 2. The molecule has 2 rings (SSSR count). The number of aryl methyl sites for hydroxylation is 1. The number of allylic oxidation sites excluding steroid dienone is 1. The Morgan fingerprint density at radius 3 is 2.54 bits per heavy atom. The summed E-state index contributed by atoms with van der Waals surface area (Å²) in [6.45, 7) is 7.80. The Kier molecular flexibility index (Phi) is 7.21. The third kappa shape index (κ3) is 4.91. The summed E-state index contributed by atoms with van der Waals surface area (Å²) >= 11 is 0. The van der Waals surface area contributed by atoms with Crippen molar-refractivity contribution in [3.05, 3.63) is 65.5 Å². The first-order chi connectivity index (χ1) is 13.4. The first-order valence-electron chi connectivity index (χ1n) is 8.79. The molecule has 28 heavy (non-hydrogen) atoms. The van der Waals surface area contributed by atoms with Crippen molar-refractivity contribution in [2.75, 3.05) is 20.8 Å². The van der Waals surface area contributed by atoms with Crippen molar-refractivity contribution in [1.29, 1.82) is 0 Å². The molecular formula is C22H25NO5. The van der Waals surface area contributed by atoms with Crippen LogP contribution in [0.5, 0.6) is 11.5 Å². The highest BCUT2D eigenvalue weighted by Gasteiger charge is 2.16. The van der Waals surface area contributed by atoms with Crippen molar-refractivity contribution < 1.29 is 23.8 Å². The Morgan fingerprint density at radius 2 is 1.89 bits per heavy atom. The van der Waals surface area contributed by atoms with Crippen LogP contribution in [0.1, 0.15) is 27.3 Å². The SMILES string of the molecule is C=CCn1c(C)cc(C(=O)COC(=O)/C=C/c2cc(OC)ccc2OC)c1C. The van der Waals surface area contributed by atoms with Crippen LogP contribution in [0.3, 0.4) is 0 Å². The Balaban J connectivity index is 2.03. The van der Waals surface area contributed by atoms with Gasteiger partial charge in [0.05, 0.1) is 14.2 Å². The molecule has 0 unspecified atom stereocenters. The molecule has 0 aliphatic heterocycles. The molecule has 1 aromatic carbocycles. The summed E-state index contributed by atoms with van der Waals surface area (Å²) in [4.78, 5) is 24.4. The number of ether oxygens (including phenoxy) is 3. The van der Waals surface area contributed by atoms with Crippen molar-refractivity contribution in [3.8, 4) is 11.5 Å². The Bertz CT molecular complexity index is 908. The molecule has 0 bridgehead atoms. The molecule has 0 fully saturated rings. The Hall–Kier alpha value is -3.28. The maximum atomic E-state index is 12.4. The standard InChI is InChI=1S/C22H25NO5/c1-6-11-23-15(2)12-19(16(23)3)20(24)14-28-22(25)10-7-17-13-18(26-4)8-9-21(17)27-5/h6-10,12-13H,1,11,14H2,2-5H3/b10-7+. The fourth-order valence-corrected chi connectivity index (χ4v) is 2.88. The fraction of sp³-hybridized carbons (Fsp3) is 0.273. The van der Waals surface area contributed by atoms with Crippen molar-refractivity contribution in [1.82, 2.24) is 4.57 Å². The van der Waals surface area contributed by atoms with E-state index in [0.29, 0.717) is 29.2 Å². The van der Waals surface area contributed by atoms with Gasteiger partial charge in [-0.25, -0.2) is 4.79 Å². The average Bonchev–Trinajstić information content (AvgIpc) is 2.98. The quantitative estimate of drug-likeness (QED) is 0.286. The smallest absolute Gasteiger partial charge is 0.331 e. The maximum absolute atomic E-state index is 12.4. The van der Waals surface area contributed by atoms with Gasteiger partial charge in [-0.3, -0.25) is 4.79 Å². The first-order valence-corrected chi connectivity index (χ1v) is 8.79. The van der Waals surface area contributed by atoms with Crippen LogP contribution in [0, 0.1) is 13.8 Å². The molecule has 0 aliphatic rings. The molecule has 0 saturated heterocycles. The number of rotatable bonds is 9. The largest absolute Gasteiger partial charge is 0.497 e. The minimum absolute atomic E-state index is 0.246. The predicted molar refractivity (Wildman–Crippen MR) is 108 cm³/mol. The van der Waals surface area contributed by atoms with Crippen LogP contribution < -0.4 is 9.47 Å². The van der Waals surface area contributed by atoms with Crippen molar-refractivity contribution in [2.24, 2.45) is 0 Å². The zero-order chi connectivity index (χ0) is 20.7. The number of benzene rings is 1. The van der Waals surface area contributed by atoms with Gasteiger partial charge >= 0.3 is 5.97 Å². The van der Waals surface area contributed by atoms with E-state index in [0.717, 1.165) is 11.4 Å². The summed E-state index contributed by atoms with van der Waals surface area (Å²) < 4.78 is 17.5. The number of Topliss-reactive ketones (excluding diaryl/α,β-unsaturated/α-hetero) is 1. The normalized spacial score (nSPS) is 10.7. The van der Waals surface area contributed by atoms with Crippen LogP contribution >= 0.6 is 0 Å². The lowest BCUT2D eigenvalue weighted by Crippen LogP contribution is -2.13. The summed E-state index contributed by atoms with van der Waals surface area (Å²) in [5.74, 6) is 0.372. The van der Waals surface area contributed by atoms with Crippen LogP contribution in [0.2, 0.25) is 0 Å². The van der Waals surface area contributed by atoms with Gasteiger partial charge in [0.25, 0.3) is 0 Å². The zero-order valence-corrected chi connectivity index (χ0v) is 16.7. The molecule has 0 aliphatic carbocycles. The molecule has 0 atom stereocenters. The van der Waals surface area contributed by atoms with E-state index in [1.165, 1.54) is 6.08 Å². The van der Waals surface area contributed by atoms with Crippen molar-refractivity contribution in [3.63, 3.8) is 0 Å². The highest BCUT2D eigenvalue weighted by molar-refractivity contribution is 6.00. The number of hydrogen-bond acceptors (Lipinski definition) is 5. The third-order valence-corrected chi connectivity index (χ3v) is 4.37. The third-order valence-electron chi connectivity index (χ3n) is 4.37. The summed E-state index contributed by atoms with van der Waals surface area (Å²) in [7, 11) is 3.10. The minimum atomic E-state index is -0.613. The average molecular weight is 383 g/mol. The second-order valence-electron chi connectivity index (χ2n) is 6.16. The number of nitrogens with zero attached hydrogens (tertiary/aromatic N) is 1. The molecule has 1 aromatic heterocycles. The first kappa shape index (κ1) is 21.0. The van der Waals surface area contributed by atoms with E-state index in [1.807, 2.05) is 18.4 Å². The minimum Gasteiger partial charge on any atom is -0.497 e. The molecule has 0 N–H and O–H groups in total. The Morgan fingerprint density at radius 1 is 1.14 bits per heavy atom. The van der Waals surface area contributed by atoms with E-state index in [4.69, 9.17) is 14.2 Å². The lowest BCUT2D eigenvalue weighted by molar-refractivity contribution is -0.136. The van der Waals surface area contributed by atoms with E-state index in [1.54, 1.807) is 50.6 Å². The number of hydrogen-bond donors (Lipinski definition) is 0. The van der Waals surface area contributed by atoms with E-state index < -0.39 is 5.97 Å². The van der Waals surface area contributed by atoms with Gasteiger partial charge in [0.15, 0.2) is 6.61 Å². The highest BCUT2D eigenvalue weighted by atomic mass is 16.5. The molecule has 2 aromatic rings. The number of methoxy groups -OCH3 is 2. The molecule has 0 saturated carbocycles. The summed E-state index contributed by atoms with van der Waals surface area (Å²) in [6, 6.07) is 7.04. The van der Waals surface area contributed by atoms with Gasteiger partial charge in [0, 0.05) is 35.1 Å². The van der Waals surface area contributed by atoms with E-state index in [-0.39, 0.29) is 12.4 Å². The predicted octanol–water partition coefficient (Wildman–Crippen LogP) is 3.75. The molecule has 0 radical (unpaired) electrons. The molecular weight excluding hydrogens is 358 g/mol. The van der Waals surface area contributed by atoms with Gasteiger partial charge in [-0.1, -0.05) is 6.08 Å². The maximum Gasteiger partial charge on any atom is 0.331 e. The molecule has 0 spiro atoms. The van der Waals surface area contributed by atoms with Crippen LogP contribution in [0.25, 0.3) is 6.08 Å². The zero-order valence-electron chi connectivity index (χ0n) is 16.7. The molecule has 6 nitrogen and oxygen atoms in total. The lowest BCUT2D eigenvalue weighted by atomic mass is 10.1. The summed E-state index contributed by atoms with van der Waals surface area (Å²) in [5.41, 5.74) is 3.00.